The quantitative estimate of drug-likeness (QED) is 0.816. The van der Waals surface area contributed by atoms with Crippen molar-refractivity contribution in [3.63, 3.8) is 0 Å². The number of hydrogen-bond acceptors (Lipinski definition) is 4. The van der Waals surface area contributed by atoms with Gasteiger partial charge in [-0.3, -0.25) is 9.69 Å². The summed E-state index contributed by atoms with van der Waals surface area (Å²) in [6.45, 7) is 5.91. The van der Waals surface area contributed by atoms with Gasteiger partial charge in [-0.25, -0.2) is 0 Å². The smallest absolute Gasteiger partial charge is 0.251 e. The molecule has 0 spiro atoms. The number of hydrogen-bond donors (Lipinski definition) is 1. The van der Waals surface area contributed by atoms with E-state index in [1.807, 2.05) is 12.1 Å². The van der Waals surface area contributed by atoms with Crippen LogP contribution in [-0.2, 0) is 11.2 Å². The van der Waals surface area contributed by atoms with Crippen molar-refractivity contribution in [3.05, 3.63) is 65.2 Å². The number of nitrogens with one attached hydrogen (secondary N) is 1. The molecule has 1 aliphatic rings. The summed E-state index contributed by atoms with van der Waals surface area (Å²) >= 11 is 0. The molecule has 1 atom stereocenters. The first kappa shape index (κ1) is 19.4. The van der Waals surface area contributed by atoms with Crippen LogP contribution in [0.25, 0.3) is 0 Å². The summed E-state index contributed by atoms with van der Waals surface area (Å²) in [7, 11) is 1.60. The Labute approximate surface area is 161 Å². The van der Waals surface area contributed by atoms with Crippen molar-refractivity contribution in [2.24, 2.45) is 0 Å². The number of morpholine rings is 1. The summed E-state index contributed by atoms with van der Waals surface area (Å²) in [6.07, 6.45) is 1.02. The Bertz CT molecular complexity index is 739. The molecule has 1 amide bonds. The molecule has 1 saturated heterocycles. The highest BCUT2D eigenvalue weighted by Gasteiger charge is 2.23. The second-order valence-corrected chi connectivity index (χ2v) is 6.70. The Balaban J connectivity index is 1.72. The van der Waals surface area contributed by atoms with E-state index >= 15 is 0 Å². The van der Waals surface area contributed by atoms with E-state index in [0.717, 1.165) is 32.7 Å². The summed E-state index contributed by atoms with van der Waals surface area (Å²) in [5.41, 5.74) is 3.15. The molecule has 1 fully saturated rings. The zero-order valence-corrected chi connectivity index (χ0v) is 16.1. The van der Waals surface area contributed by atoms with Crippen molar-refractivity contribution in [2.45, 2.75) is 19.4 Å². The third-order valence-corrected chi connectivity index (χ3v) is 5.05. The van der Waals surface area contributed by atoms with Crippen molar-refractivity contribution in [1.82, 2.24) is 10.2 Å². The molecule has 0 bridgehead atoms. The molecule has 1 unspecified atom stereocenters. The van der Waals surface area contributed by atoms with Gasteiger partial charge >= 0.3 is 0 Å². The Morgan fingerprint density at radius 1 is 1.19 bits per heavy atom. The van der Waals surface area contributed by atoms with Gasteiger partial charge in [0, 0.05) is 25.2 Å². The van der Waals surface area contributed by atoms with Crippen molar-refractivity contribution in [2.75, 3.05) is 40.0 Å². The van der Waals surface area contributed by atoms with Crippen molar-refractivity contribution >= 4 is 5.91 Å². The number of amides is 1. The van der Waals surface area contributed by atoms with E-state index in [2.05, 4.69) is 41.4 Å². The molecule has 1 heterocycles. The molecule has 0 aromatic heterocycles. The normalized spacial score (nSPS) is 15.9. The molecule has 2 aromatic rings. The molecule has 5 heteroatoms. The predicted molar refractivity (Wildman–Crippen MR) is 106 cm³/mol. The highest BCUT2D eigenvalue weighted by atomic mass is 16.5. The maximum atomic E-state index is 12.6. The van der Waals surface area contributed by atoms with Crippen LogP contribution in [0.2, 0.25) is 0 Å². The minimum absolute atomic E-state index is 0.0858. The minimum atomic E-state index is -0.0858. The van der Waals surface area contributed by atoms with Crippen LogP contribution in [-0.4, -0.2) is 50.8 Å². The lowest BCUT2D eigenvalue weighted by molar-refractivity contribution is 0.0162. The summed E-state index contributed by atoms with van der Waals surface area (Å²) in [4.78, 5) is 15.0. The molecule has 27 heavy (non-hydrogen) atoms. The van der Waals surface area contributed by atoms with Crippen LogP contribution in [0.4, 0.5) is 0 Å². The second kappa shape index (κ2) is 9.53. The molecule has 1 N–H and O–H groups in total. The van der Waals surface area contributed by atoms with E-state index in [1.54, 1.807) is 19.2 Å². The predicted octanol–water partition coefficient (Wildman–Crippen LogP) is 3.06. The molecule has 0 aliphatic carbocycles. The van der Waals surface area contributed by atoms with E-state index in [4.69, 9.17) is 9.47 Å². The van der Waals surface area contributed by atoms with Gasteiger partial charge in [0.25, 0.3) is 5.91 Å². The van der Waals surface area contributed by atoms with Gasteiger partial charge in [-0.2, -0.15) is 0 Å². The Morgan fingerprint density at radius 2 is 1.93 bits per heavy atom. The van der Waals surface area contributed by atoms with Gasteiger partial charge in [-0.1, -0.05) is 37.3 Å². The lowest BCUT2D eigenvalue weighted by atomic mass is 10.0. The average Bonchev–Trinajstić information content (AvgIpc) is 2.75. The van der Waals surface area contributed by atoms with Gasteiger partial charge in [-0.15, -0.1) is 0 Å². The van der Waals surface area contributed by atoms with Crippen LogP contribution < -0.4 is 10.1 Å². The van der Waals surface area contributed by atoms with E-state index in [-0.39, 0.29) is 11.9 Å². The number of benzene rings is 2. The number of ether oxygens (including phenoxy) is 2. The van der Waals surface area contributed by atoms with Gasteiger partial charge < -0.3 is 14.8 Å². The topological polar surface area (TPSA) is 50.8 Å². The summed E-state index contributed by atoms with van der Waals surface area (Å²) in [5.74, 6) is 0.597. The number of aryl methyl sites for hydroxylation is 1. The SMILES string of the molecule is CCc1ccc(C(CNC(=O)c2cccc(OC)c2)N2CCOCC2)cc1. The maximum Gasteiger partial charge on any atom is 0.251 e. The minimum Gasteiger partial charge on any atom is -0.497 e. The molecule has 0 radical (unpaired) electrons. The van der Waals surface area contributed by atoms with Crippen molar-refractivity contribution in [3.8, 4) is 5.75 Å². The van der Waals surface area contributed by atoms with E-state index in [9.17, 15) is 4.79 Å². The number of nitrogens with zero attached hydrogens (tertiary/aromatic N) is 1. The summed E-state index contributed by atoms with van der Waals surface area (Å²) < 4.78 is 10.7. The molecular weight excluding hydrogens is 340 g/mol. The summed E-state index contributed by atoms with van der Waals surface area (Å²) in [6, 6.07) is 16.1. The zero-order chi connectivity index (χ0) is 19.1. The third kappa shape index (κ3) is 5.08. The summed E-state index contributed by atoms with van der Waals surface area (Å²) in [5, 5.41) is 3.10. The second-order valence-electron chi connectivity index (χ2n) is 6.70. The van der Waals surface area contributed by atoms with Gasteiger partial charge in [-0.05, 0) is 35.7 Å². The van der Waals surface area contributed by atoms with Crippen molar-refractivity contribution in [1.29, 1.82) is 0 Å². The molecule has 3 rings (SSSR count). The highest BCUT2D eigenvalue weighted by Crippen LogP contribution is 2.22. The highest BCUT2D eigenvalue weighted by molar-refractivity contribution is 5.94. The van der Waals surface area contributed by atoms with Crippen LogP contribution in [0, 0.1) is 0 Å². The standard InChI is InChI=1S/C22H28N2O3/c1-3-17-7-9-18(10-8-17)21(24-11-13-27-14-12-24)16-23-22(25)19-5-4-6-20(15-19)26-2/h4-10,15,21H,3,11-14,16H2,1-2H3,(H,23,25). The largest absolute Gasteiger partial charge is 0.497 e. The van der Waals surface area contributed by atoms with Crippen LogP contribution in [0.5, 0.6) is 5.75 Å². The zero-order valence-electron chi connectivity index (χ0n) is 16.1. The average molecular weight is 368 g/mol. The van der Waals surface area contributed by atoms with Gasteiger partial charge in [0.15, 0.2) is 0 Å². The fourth-order valence-corrected chi connectivity index (χ4v) is 3.38. The van der Waals surface area contributed by atoms with Crippen LogP contribution in [0.1, 0.15) is 34.5 Å². The van der Waals surface area contributed by atoms with E-state index in [0.29, 0.717) is 17.9 Å². The Hall–Kier alpha value is -2.37. The van der Waals surface area contributed by atoms with Gasteiger partial charge in [0.2, 0.25) is 0 Å². The first-order chi connectivity index (χ1) is 13.2. The van der Waals surface area contributed by atoms with E-state index in [1.165, 1.54) is 11.1 Å². The van der Waals surface area contributed by atoms with Crippen LogP contribution in [0.3, 0.4) is 0 Å². The molecule has 0 saturated carbocycles. The first-order valence-electron chi connectivity index (χ1n) is 9.54. The lowest BCUT2D eigenvalue weighted by Crippen LogP contribution is -2.43. The van der Waals surface area contributed by atoms with Crippen molar-refractivity contribution < 1.29 is 14.3 Å². The van der Waals surface area contributed by atoms with Gasteiger partial charge in [0.1, 0.15) is 5.75 Å². The molecule has 2 aromatic carbocycles. The maximum absolute atomic E-state index is 12.6. The van der Waals surface area contributed by atoms with Gasteiger partial charge in [0.05, 0.1) is 26.4 Å². The molecule has 1 aliphatic heterocycles. The fraction of sp³-hybridized carbons (Fsp3) is 0.409. The number of methoxy groups -OCH3 is 1. The molecule has 5 nitrogen and oxygen atoms in total. The first-order valence-corrected chi connectivity index (χ1v) is 9.54. The Morgan fingerprint density at radius 3 is 2.59 bits per heavy atom. The number of carbonyl (C=O) groups is 1. The lowest BCUT2D eigenvalue weighted by Gasteiger charge is -2.35. The molecular formula is C22H28N2O3. The monoisotopic (exact) mass is 368 g/mol. The number of carbonyl (C=O) groups excluding carboxylic acids is 1. The molecule has 144 valence electrons. The number of rotatable bonds is 7. The third-order valence-electron chi connectivity index (χ3n) is 5.05. The van der Waals surface area contributed by atoms with Crippen LogP contribution in [0.15, 0.2) is 48.5 Å². The Kier molecular flexibility index (Phi) is 6.85. The van der Waals surface area contributed by atoms with E-state index < -0.39 is 0 Å². The van der Waals surface area contributed by atoms with Crippen LogP contribution >= 0.6 is 0 Å². The fourth-order valence-electron chi connectivity index (χ4n) is 3.38.